The van der Waals surface area contributed by atoms with Crippen LogP contribution >= 0.6 is 11.6 Å². The maximum Gasteiger partial charge on any atom is 0.184 e. The molecule has 0 N–H and O–H groups in total. The van der Waals surface area contributed by atoms with Gasteiger partial charge < -0.3 is 4.57 Å². The maximum absolute atomic E-state index is 14.1. The number of fused-ring (bicyclic) bond motifs is 1. The predicted octanol–water partition coefficient (Wildman–Crippen LogP) is 3.81. The van der Waals surface area contributed by atoms with Gasteiger partial charge in [-0.1, -0.05) is 0 Å². The summed E-state index contributed by atoms with van der Waals surface area (Å²) >= 11 is 5.89. The van der Waals surface area contributed by atoms with E-state index in [4.69, 9.17) is 11.6 Å². The molecule has 108 valence electrons. The smallest absolute Gasteiger partial charge is 0.184 e. The second-order valence-corrected chi connectivity index (χ2v) is 5.05. The summed E-state index contributed by atoms with van der Waals surface area (Å²) in [5.41, 5.74) is 2.45. The zero-order chi connectivity index (χ0) is 15.0. The van der Waals surface area contributed by atoms with Gasteiger partial charge in [0.15, 0.2) is 11.6 Å². The molecule has 0 saturated carbocycles. The number of alkyl halides is 1. The number of benzene rings is 1. The lowest BCUT2D eigenvalue weighted by atomic mass is 10.1. The number of aryl methyl sites for hydroxylation is 1. The minimum atomic E-state index is -0.905. The van der Waals surface area contributed by atoms with E-state index in [0.717, 1.165) is 17.2 Å². The van der Waals surface area contributed by atoms with Crippen molar-refractivity contribution < 1.29 is 8.78 Å². The number of hydrogen-bond acceptors (Lipinski definition) is 2. The van der Waals surface area contributed by atoms with Crippen LogP contribution in [0, 0.1) is 18.6 Å². The highest BCUT2D eigenvalue weighted by Gasteiger charge is 2.17. The van der Waals surface area contributed by atoms with Crippen LogP contribution in [0.2, 0.25) is 0 Å². The summed E-state index contributed by atoms with van der Waals surface area (Å²) in [4.78, 5) is 8.33. The van der Waals surface area contributed by atoms with Gasteiger partial charge in [-0.2, -0.15) is 0 Å². The Kier molecular flexibility index (Phi) is 3.59. The van der Waals surface area contributed by atoms with Crippen molar-refractivity contribution in [1.82, 2.24) is 14.5 Å². The fourth-order valence-corrected chi connectivity index (χ4v) is 2.51. The van der Waals surface area contributed by atoms with Crippen molar-refractivity contribution in [3.63, 3.8) is 0 Å². The molecular formula is C15H12ClF2N3. The Balaban J connectivity index is 2.21. The van der Waals surface area contributed by atoms with Crippen molar-refractivity contribution in [2.75, 3.05) is 0 Å². The summed E-state index contributed by atoms with van der Waals surface area (Å²) in [6.07, 6.45) is 3.39. The summed E-state index contributed by atoms with van der Waals surface area (Å²) in [7, 11) is 0. The summed E-state index contributed by atoms with van der Waals surface area (Å²) in [5, 5.41) is 0. The third kappa shape index (κ3) is 2.38. The van der Waals surface area contributed by atoms with Crippen LogP contribution in [0.3, 0.4) is 0 Å². The molecule has 3 nitrogen and oxygen atoms in total. The Hall–Kier alpha value is -2.01. The van der Waals surface area contributed by atoms with Gasteiger partial charge in [0.1, 0.15) is 11.3 Å². The van der Waals surface area contributed by atoms with Gasteiger partial charge in [0.25, 0.3) is 0 Å². The fourth-order valence-electron chi connectivity index (χ4n) is 2.31. The van der Waals surface area contributed by atoms with Crippen LogP contribution in [0.25, 0.3) is 11.0 Å². The lowest BCUT2D eigenvalue weighted by Crippen LogP contribution is -2.07. The van der Waals surface area contributed by atoms with Crippen LogP contribution in [0.5, 0.6) is 0 Å². The minimum Gasteiger partial charge on any atom is -0.320 e. The average Bonchev–Trinajstić information content (AvgIpc) is 2.84. The Morgan fingerprint density at radius 1 is 1.24 bits per heavy atom. The second kappa shape index (κ2) is 5.41. The van der Waals surface area contributed by atoms with Gasteiger partial charge in [-0.05, 0) is 36.2 Å². The number of imidazole rings is 1. The molecule has 2 aromatic heterocycles. The van der Waals surface area contributed by atoms with Crippen molar-refractivity contribution in [3.05, 3.63) is 59.2 Å². The van der Waals surface area contributed by atoms with E-state index in [0.29, 0.717) is 17.9 Å². The molecule has 0 spiro atoms. The molecular weight excluding hydrogens is 296 g/mol. The monoisotopic (exact) mass is 307 g/mol. The first-order valence-electron chi connectivity index (χ1n) is 6.40. The lowest BCUT2D eigenvalue weighted by molar-refractivity contribution is 0.512. The fraction of sp³-hybridized carbons (Fsp3) is 0.200. The van der Waals surface area contributed by atoms with E-state index in [-0.39, 0.29) is 11.4 Å². The number of rotatable bonds is 3. The van der Waals surface area contributed by atoms with Crippen molar-refractivity contribution in [2.24, 2.45) is 0 Å². The van der Waals surface area contributed by atoms with E-state index in [1.807, 2.05) is 13.0 Å². The molecule has 3 aromatic rings. The first kappa shape index (κ1) is 13.9. The summed E-state index contributed by atoms with van der Waals surface area (Å²) in [5.74, 6) is -1.18. The van der Waals surface area contributed by atoms with Crippen LogP contribution in [-0.4, -0.2) is 14.5 Å². The molecule has 0 amide bonds. The van der Waals surface area contributed by atoms with Gasteiger partial charge >= 0.3 is 0 Å². The largest absolute Gasteiger partial charge is 0.320 e. The highest BCUT2D eigenvalue weighted by molar-refractivity contribution is 6.16. The number of nitrogens with zero attached hydrogens (tertiary/aromatic N) is 3. The van der Waals surface area contributed by atoms with Crippen LogP contribution in [-0.2, 0) is 12.4 Å². The maximum atomic E-state index is 14.1. The van der Waals surface area contributed by atoms with Gasteiger partial charge in [0, 0.05) is 12.4 Å². The molecule has 3 rings (SSSR count). The van der Waals surface area contributed by atoms with Crippen molar-refractivity contribution >= 4 is 22.6 Å². The van der Waals surface area contributed by atoms with Crippen molar-refractivity contribution in [3.8, 4) is 0 Å². The number of aromatic nitrogens is 3. The predicted molar refractivity (Wildman–Crippen MR) is 77.3 cm³/mol. The van der Waals surface area contributed by atoms with Crippen molar-refractivity contribution in [1.29, 1.82) is 0 Å². The Morgan fingerprint density at radius 2 is 2.05 bits per heavy atom. The van der Waals surface area contributed by atoms with Gasteiger partial charge in [-0.25, -0.2) is 13.8 Å². The quantitative estimate of drug-likeness (QED) is 0.689. The van der Waals surface area contributed by atoms with Gasteiger partial charge in [0.2, 0.25) is 0 Å². The van der Waals surface area contributed by atoms with Crippen LogP contribution in [0.15, 0.2) is 30.6 Å². The normalized spacial score (nSPS) is 11.2. The van der Waals surface area contributed by atoms with E-state index in [2.05, 4.69) is 9.97 Å². The van der Waals surface area contributed by atoms with Crippen LogP contribution in [0.4, 0.5) is 8.78 Å². The van der Waals surface area contributed by atoms with E-state index in [1.165, 1.54) is 6.07 Å². The molecule has 0 aliphatic rings. The van der Waals surface area contributed by atoms with E-state index >= 15 is 0 Å². The molecule has 0 aliphatic carbocycles. The van der Waals surface area contributed by atoms with Crippen LogP contribution < -0.4 is 0 Å². The zero-order valence-corrected chi connectivity index (χ0v) is 12.0. The average molecular weight is 308 g/mol. The van der Waals surface area contributed by atoms with E-state index in [9.17, 15) is 8.78 Å². The molecule has 2 heterocycles. The molecule has 0 unspecified atom stereocenters. The molecule has 0 atom stereocenters. The lowest BCUT2D eigenvalue weighted by Gasteiger charge is -2.10. The molecule has 0 radical (unpaired) electrons. The Bertz CT molecular complexity index is 814. The third-order valence-electron chi connectivity index (χ3n) is 3.47. The second-order valence-electron chi connectivity index (χ2n) is 4.78. The number of hydrogen-bond donors (Lipinski definition) is 0. The van der Waals surface area contributed by atoms with Gasteiger partial charge in [0.05, 0.1) is 17.9 Å². The van der Waals surface area contributed by atoms with Crippen molar-refractivity contribution in [2.45, 2.75) is 19.3 Å². The van der Waals surface area contributed by atoms with Crippen LogP contribution in [0.1, 0.15) is 17.0 Å². The number of halogens is 3. The number of pyridine rings is 1. The van der Waals surface area contributed by atoms with E-state index in [1.54, 1.807) is 17.0 Å². The summed E-state index contributed by atoms with van der Waals surface area (Å²) in [6, 6.07) is 4.39. The first-order chi connectivity index (χ1) is 10.1. The topological polar surface area (TPSA) is 30.7 Å². The molecule has 1 aromatic carbocycles. The van der Waals surface area contributed by atoms with E-state index < -0.39 is 11.6 Å². The third-order valence-corrected chi connectivity index (χ3v) is 3.71. The molecule has 0 aliphatic heterocycles. The SMILES string of the molecule is Cc1ccncc1Cn1c(CCl)nc2ccc(F)c(F)c21. The first-order valence-corrected chi connectivity index (χ1v) is 6.94. The highest BCUT2D eigenvalue weighted by Crippen LogP contribution is 2.24. The standard InChI is InChI=1S/C15H12ClF2N3/c1-9-4-5-19-7-10(9)8-21-13(6-16)20-12-3-2-11(17)14(18)15(12)21/h2-5,7H,6,8H2,1H3. The summed E-state index contributed by atoms with van der Waals surface area (Å²) < 4.78 is 29.2. The van der Waals surface area contributed by atoms with Gasteiger partial charge in [-0.3, -0.25) is 4.98 Å². The molecule has 0 bridgehead atoms. The zero-order valence-electron chi connectivity index (χ0n) is 11.3. The van der Waals surface area contributed by atoms with Gasteiger partial charge in [-0.15, -0.1) is 11.6 Å². The summed E-state index contributed by atoms with van der Waals surface area (Å²) in [6.45, 7) is 2.28. The molecule has 21 heavy (non-hydrogen) atoms. The molecule has 0 saturated heterocycles. The Labute approximate surface area is 125 Å². The molecule has 6 heteroatoms. The Morgan fingerprint density at radius 3 is 2.76 bits per heavy atom. The highest BCUT2D eigenvalue weighted by atomic mass is 35.5. The molecule has 0 fully saturated rings. The minimum absolute atomic E-state index is 0.120.